The van der Waals surface area contributed by atoms with E-state index < -0.39 is 0 Å². The van der Waals surface area contributed by atoms with Crippen molar-refractivity contribution in [3.05, 3.63) is 34.8 Å². The second-order valence-electron chi connectivity index (χ2n) is 4.90. The molecule has 0 aliphatic carbocycles. The maximum atomic E-state index is 11.4. The average molecular weight is 373 g/mol. The molecule has 0 atom stereocenters. The predicted molar refractivity (Wildman–Crippen MR) is 101 cm³/mol. The van der Waals surface area contributed by atoms with Crippen LogP contribution < -0.4 is 14.9 Å². The summed E-state index contributed by atoms with van der Waals surface area (Å²) in [5.41, 5.74) is 4.27. The number of terminal acetylenes is 1. The number of methoxy groups -OCH3 is 1. The standard InChI is InChI=1S/C18H19N3O4S/c1-4-8-25-16-9-13(6-7-15(16)23-3)11-19-21-18-20-14(12-26-18)10-17(22)24-5-2/h1,6-7,9,11-12H,5,8,10H2,2-3H3,(H,20,21). The Hall–Kier alpha value is -3.05. The van der Waals surface area contributed by atoms with Crippen LogP contribution in [0.1, 0.15) is 18.2 Å². The van der Waals surface area contributed by atoms with Crippen LogP contribution in [0.15, 0.2) is 28.7 Å². The highest BCUT2D eigenvalue weighted by molar-refractivity contribution is 7.13. The van der Waals surface area contributed by atoms with Crippen molar-refractivity contribution in [2.75, 3.05) is 25.7 Å². The molecule has 0 saturated heterocycles. The van der Waals surface area contributed by atoms with E-state index in [-0.39, 0.29) is 19.0 Å². The van der Waals surface area contributed by atoms with Crippen molar-refractivity contribution in [1.82, 2.24) is 4.98 Å². The van der Waals surface area contributed by atoms with Crippen molar-refractivity contribution in [3.8, 4) is 23.8 Å². The minimum absolute atomic E-state index is 0.143. The normalized spacial score (nSPS) is 10.3. The van der Waals surface area contributed by atoms with Crippen LogP contribution in [0.4, 0.5) is 5.13 Å². The Labute approximate surface area is 156 Å². The SMILES string of the molecule is C#CCOc1cc(C=NNc2nc(CC(=O)OCC)cs2)ccc1OC. The number of thiazole rings is 1. The Morgan fingerprint density at radius 1 is 1.46 bits per heavy atom. The van der Waals surface area contributed by atoms with E-state index in [2.05, 4.69) is 21.4 Å². The zero-order valence-electron chi connectivity index (χ0n) is 14.5. The van der Waals surface area contributed by atoms with Crippen molar-refractivity contribution in [3.63, 3.8) is 0 Å². The molecular formula is C18H19N3O4S. The molecule has 26 heavy (non-hydrogen) atoms. The Morgan fingerprint density at radius 2 is 2.31 bits per heavy atom. The average Bonchev–Trinajstić information content (AvgIpc) is 3.07. The first-order valence-corrected chi connectivity index (χ1v) is 8.67. The molecule has 1 N–H and O–H groups in total. The van der Waals surface area contributed by atoms with Gasteiger partial charge in [0, 0.05) is 5.38 Å². The van der Waals surface area contributed by atoms with Gasteiger partial charge in [-0.15, -0.1) is 17.8 Å². The number of rotatable bonds is 9. The lowest BCUT2D eigenvalue weighted by atomic mass is 10.2. The molecule has 0 unspecified atom stereocenters. The fourth-order valence-corrected chi connectivity index (χ4v) is 2.63. The number of carbonyl (C=O) groups excluding carboxylic acids is 1. The number of nitrogens with zero attached hydrogens (tertiary/aromatic N) is 2. The van der Waals surface area contributed by atoms with Crippen molar-refractivity contribution in [2.24, 2.45) is 5.10 Å². The summed E-state index contributed by atoms with van der Waals surface area (Å²) < 4.78 is 15.6. The zero-order valence-corrected chi connectivity index (χ0v) is 15.3. The number of aromatic nitrogens is 1. The van der Waals surface area contributed by atoms with Crippen LogP contribution in [0.3, 0.4) is 0 Å². The van der Waals surface area contributed by atoms with Gasteiger partial charge in [0.25, 0.3) is 0 Å². The summed E-state index contributed by atoms with van der Waals surface area (Å²) >= 11 is 1.35. The third-order valence-corrected chi connectivity index (χ3v) is 3.85. The van der Waals surface area contributed by atoms with Crippen LogP contribution in [0, 0.1) is 12.3 Å². The van der Waals surface area contributed by atoms with Crippen molar-refractivity contribution in [2.45, 2.75) is 13.3 Å². The highest BCUT2D eigenvalue weighted by Crippen LogP contribution is 2.27. The van der Waals surface area contributed by atoms with E-state index in [1.54, 1.807) is 37.8 Å². The lowest BCUT2D eigenvalue weighted by molar-refractivity contribution is -0.142. The van der Waals surface area contributed by atoms with Gasteiger partial charge >= 0.3 is 5.97 Å². The first-order chi connectivity index (χ1) is 12.7. The summed E-state index contributed by atoms with van der Waals surface area (Å²) in [4.78, 5) is 15.7. The molecule has 1 aromatic heterocycles. The molecule has 0 spiro atoms. The van der Waals surface area contributed by atoms with Gasteiger partial charge in [-0.25, -0.2) is 4.98 Å². The van der Waals surface area contributed by atoms with Gasteiger partial charge in [0.1, 0.15) is 6.61 Å². The minimum atomic E-state index is -0.300. The van der Waals surface area contributed by atoms with Crippen LogP contribution in [0.5, 0.6) is 11.5 Å². The van der Waals surface area contributed by atoms with Crippen LogP contribution in [-0.4, -0.2) is 37.5 Å². The second kappa shape index (κ2) is 10.1. The van der Waals surface area contributed by atoms with Gasteiger partial charge in [-0.2, -0.15) is 5.10 Å². The molecule has 0 amide bonds. The van der Waals surface area contributed by atoms with Crippen LogP contribution in [-0.2, 0) is 16.0 Å². The van der Waals surface area contributed by atoms with E-state index in [1.165, 1.54) is 11.3 Å². The van der Waals surface area contributed by atoms with E-state index in [1.807, 2.05) is 6.07 Å². The van der Waals surface area contributed by atoms with E-state index in [9.17, 15) is 4.79 Å². The van der Waals surface area contributed by atoms with Gasteiger partial charge < -0.3 is 14.2 Å². The predicted octanol–water partition coefficient (Wildman–Crippen LogP) is 2.72. The molecule has 0 saturated carbocycles. The Kier molecular flexibility index (Phi) is 7.46. The molecule has 7 nitrogen and oxygen atoms in total. The molecule has 0 bridgehead atoms. The first kappa shape index (κ1) is 19.3. The number of hydrogen-bond acceptors (Lipinski definition) is 8. The quantitative estimate of drug-likeness (QED) is 0.315. The number of nitrogens with one attached hydrogen (secondary N) is 1. The largest absolute Gasteiger partial charge is 0.493 e. The number of hydrazone groups is 1. The molecule has 0 fully saturated rings. The fourth-order valence-electron chi connectivity index (χ4n) is 1.97. The maximum Gasteiger partial charge on any atom is 0.311 e. The summed E-state index contributed by atoms with van der Waals surface area (Å²) in [6.07, 6.45) is 6.98. The first-order valence-electron chi connectivity index (χ1n) is 7.79. The third-order valence-electron chi connectivity index (χ3n) is 3.06. The second-order valence-corrected chi connectivity index (χ2v) is 5.76. The van der Waals surface area contributed by atoms with Crippen molar-refractivity contribution < 1.29 is 19.0 Å². The summed E-state index contributed by atoms with van der Waals surface area (Å²) in [6.45, 7) is 2.27. The molecule has 136 valence electrons. The zero-order chi connectivity index (χ0) is 18.8. The summed E-state index contributed by atoms with van der Waals surface area (Å²) in [5, 5.41) is 6.50. The molecule has 8 heteroatoms. The van der Waals surface area contributed by atoms with Crippen molar-refractivity contribution >= 4 is 28.7 Å². The Balaban J connectivity index is 1.97. The lowest BCUT2D eigenvalue weighted by Crippen LogP contribution is -2.07. The summed E-state index contributed by atoms with van der Waals surface area (Å²) in [6, 6.07) is 5.38. The van der Waals surface area contributed by atoms with E-state index in [4.69, 9.17) is 20.6 Å². The van der Waals surface area contributed by atoms with Crippen LogP contribution in [0.2, 0.25) is 0 Å². The minimum Gasteiger partial charge on any atom is -0.493 e. The molecule has 2 aromatic rings. The summed E-state index contributed by atoms with van der Waals surface area (Å²) in [7, 11) is 1.56. The van der Waals surface area contributed by atoms with E-state index in [0.717, 1.165) is 5.56 Å². The monoisotopic (exact) mass is 373 g/mol. The number of benzene rings is 1. The number of anilines is 1. The highest BCUT2D eigenvalue weighted by Gasteiger charge is 2.08. The third kappa shape index (κ3) is 5.79. The van der Waals surface area contributed by atoms with Gasteiger partial charge in [-0.05, 0) is 30.7 Å². The highest BCUT2D eigenvalue weighted by atomic mass is 32.1. The van der Waals surface area contributed by atoms with Gasteiger partial charge in [0.15, 0.2) is 11.5 Å². The van der Waals surface area contributed by atoms with Crippen LogP contribution >= 0.6 is 11.3 Å². The van der Waals surface area contributed by atoms with Gasteiger partial charge in [-0.1, -0.05) is 5.92 Å². The topological polar surface area (TPSA) is 82.0 Å². The van der Waals surface area contributed by atoms with Gasteiger partial charge in [0.05, 0.1) is 32.0 Å². The van der Waals surface area contributed by atoms with Crippen molar-refractivity contribution in [1.29, 1.82) is 0 Å². The van der Waals surface area contributed by atoms with E-state index >= 15 is 0 Å². The smallest absolute Gasteiger partial charge is 0.311 e. The number of esters is 1. The lowest BCUT2D eigenvalue weighted by Gasteiger charge is -2.09. The number of ether oxygens (including phenoxy) is 3. The Bertz CT molecular complexity index is 811. The maximum absolute atomic E-state index is 11.4. The Morgan fingerprint density at radius 3 is 3.04 bits per heavy atom. The molecule has 2 rings (SSSR count). The fraction of sp³-hybridized carbons (Fsp3) is 0.278. The molecule has 0 aliphatic rings. The van der Waals surface area contributed by atoms with Gasteiger partial charge in [-0.3, -0.25) is 10.2 Å². The molecule has 1 aromatic carbocycles. The molecule has 1 heterocycles. The number of carbonyl (C=O) groups is 1. The summed E-state index contributed by atoms with van der Waals surface area (Å²) in [5.74, 6) is 3.24. The molecule has 0 aliphatic heterocycles. The van der Waals surface area contributed by atoms with Crippen LogP contribution in [0.25, 0.3) is 0 Å². The molecular weight excluding hydrogens is 354 g/mol. The number of hydrogen-bond donors (Lipinski definition) is 1. The van der Waals surface area contributed by atoms with Gasteiger partial charge in [0.2, 0.25) is 5.13 Å². The van der Waals surface area contributed by atoms with E-state index in [0.29, 0.717) is 28.9 Å². The molecule has 0 radical (unpaired) electrons.